The Bertz CT molecular complexity index is 162. The molecule has 102 valence electrons. The van der Waals surface area contributed by atoms with Crippen LogP contribution in [0.5, 0.6) is 0 Å². The lowest BCUT2D eigenvalue weighted by Gasteiger charge is -2.03. The highest BCUT2D eigenvalue weighted by Crippen LogP contribution is 2.13. The topological polar surface area (TPSA) is 17.1 Å². The van der Waals surface area contributed by atoms with Gasteiger partial charge in [-0.3, -0.25) is 0 Å². The standard InChI is InChI=1S/C14H26Cl2O/c15-12-10-8-6-4-2-1-3-5-7-9-11-14(16)13-17/h13-14H,1-12H2. The number of carbonyl (C=O) groups is 1. The molecule has 0 saturated carbocycles. The molecule has 0 aromatic rings. The van der Waals surface area contributed by atoms with Crippen LogP contribution in [0.1, 0.15) is 70.6 Å². The minimum absolute atomic E-state index is 0.267. The van der Waals surface area contributed by atoms with E-state index < -0.39 is 0 Å². The fourth-order valence-electron chi connectivity index (χ4n) is 1.92. The molecule has 0 aliphatic carbocycles. The quantitative estimate of drug-likeness (QED) is 0.253. The summed E-state index contributed by atoms with van der Waals surface area (Å²) in [4.78, 5) is 10.3. The van der Waals surface area contributed by atoms with Crippen molar-refractivity contribution in [1.29, 1.82) is 0 Å². The molecule has 0 rings (SSSR count). The molecule has 0 fully saturated rings. The molecule has 0 radical (unpaired) electrons. The van der Waals surface area contributed by atoms with Crippen LogP contribution >= 0.6 is 23.2 Å². The Balaban J connectivity index is 2.96. The average molecular weight is 281 g/mol. The lowest BCUT2D eigenvalue weighted by Crippen LogP contribution is -1.98. The molecule has 0 N–H and O–H groups in total. The van der Waals surface area contributed by atoms with Crippen molar-refractivity contribution in [1.82, 2.24) is 0 Å². The van der Waals surface area contributed by atoms with Gasteiger partial charge in [-0.2, -0.15) is 0 Å². The maximum Gasteiger partial charge on any atom is 0.137 e. The van der Waals surface area contributed by atoms with E-state index in [1.807, 2.05) is 0 Å². The molecule has 0 aliphatic heterocycles. The number of carbonyl (C=O) groups excluding carboxylic acids is 1. The summed E-state index contributed by atoms with van der Waals surface area (Å²) in [5, 5.41) is -0.267. The number of hydrogen-bond donors (Lipinski definition) is 0. The molecule has 0 aliphatic rings. The lowest BCUT2D eigenvalue weighted by molar-refractivity contribution is -0.107. The summed E-state index contributed by atoms with van der Waals surface area (Å²) in [5.74, 6) is 0.808. The Morgan fingerprint density at radius 3 is 1.59 bits per heavy atom. The molecule has 3 heteroatoms. The van der Waals surface area contributed by atoms with Gasteiger partial charge in [-0.15, -0.1) is 23.2 Å². The second-order valence-electron chi connectivity index (χ2n) is 4.67. The molecule has 0 heterocycles. The lowest BCUT2D eigenvalue weighted by atomic mass is 10.1. The molecule has 0 aromatic heterocycles. The van der Waals surface area contributed by atoms with E-state index in [4.69, 9.17) is 23.2 Å². The SMILES string of the molecule is O=CC(Cl)CCCCCCCCCCCCCl. The molecule has 0 aromatic carbocycles. The third-order valence-corrected chi connectivity index (χ3v) is 3.60. The van der Waals surface area contributed by atoms with Gasteiger partial charge < -0.3 is 4.79 Å². The zero-order valence-electron chi connectivity index (χ0n) is 10.8. The van der Waals surface area contributed by atoms with E-state index in [1.165, 1.54) is 51.4 Å². The van der Waals surface area contributed by atoms with E-state index >= 15 is 0 Å². The van der Waals surface area contributed by atoms with E-state index in [-0.39, 0.29) is 5.38 Å². The first-order valence-electron chi connectivity index (χ1n) is 6.96. The highest BCUT2D eigenvalue weighted by atomic mass is 35.5. The molecular formula is C14H26Cl2O. The van der Waals surface area contributed by atoms with Crippen molar-refractivity contribution in [2.45, 2.75) is 76.0 Å². The fraction of sp³-hybridized carbons (Fsp3) is 0.929. The van der Waals surface area contributed by atoms with Crippen LogP contribution < -0.4 is 0 Å². The maximum atomic E-state index is 10.3. The number of halogens is 2. The van der Waals surface area contributed by atoms with Gasteiger partial charge in [0, 0.05) is 5.88 Å². The van der Waals surface area contributed by atoms with Crippen LogP contribution in [0.3, 0.4) is 0 Å². The number of aldehydes is 1. The molecule has 1 nitrogen and oxygen atoms in total. The van der Waals surface area contributed by atoms with Gasteiger partial charge in [0.05, 0.1) is 5.38 Å². The summed E-state index contributed by atoms with van der Waals surface area (Å²) in [7, 11) is 0. The Labute approximate surface area is 116 Å². The van der Waals surface area contributed by atoms with Gasteiger partial charge in [-0.1, -0.05) is 57.8 Å². The molecule has 17 heavy (non-hydrogen) atoms. The molecule has 0 amide bonds. The Hall–Kier alpha value is 0.250. The van der Waals surface area contributed by atoms with Crippen LogP contribution in [0.4, 0.5) is 0 Å². The third-order valence-electron chi connectivity index (χ3n) is 3.01. The third kappa shape index (κ3) is 14.2. The van der Waals surface area contributed by atoms with Gasteiger partial charge in [0.2, 0.25) is 0 Å². The van der Waals surface area contributed by atoms with Crippen molar-refractivity contribution >= 4 is 29.5 Å². The summed E-state index contributed by atoms with van der Waals surface area (Å²) in [6.45, 7) is 0. The van der Waals surface area contributed by atoms with Gasteiger partial charge in [-0.25, -0.2) is 0 Å². The van der Waals surface area contributed by atoms with Crippen LogP contribution in [0.25, 0.3) is 0 Å². The summed E-state index contributed by atoms with van der Waals surface area (Å²) in [6.07, 6.45) is 14.4. The summed E-state index contributed by atoms with van der Waals surface area (Å²) < 4.78 is 0. The van der Waals surface area contributed by atoms with Gasteiger partial charge in [0.15, 0.2) is 0 Å². The van der Waals surface area contributed by atoms with Gasteiger partial charge in [0.25, 0.3) is 0 Å². The zero-order chi connectivity index (χ0) is 12.8. The second-order valence-corrected chi connectivity index (χ2v) is 5.60. The van der Waals surface area contributed by atoms with Crippen LogP contribution in [0.15, 0.2) is 0 Å². The van der Waals surface area contributed by atoms with Gasteiger partial charge in [-0.05, 0) is 12.8 Å². The first-order valence-corrected chi connectivity index (χ1v) is 7.93. The van der Waals surface area contributed by atoms with Crippen molar-refractivity contribution in [2.75, 3.05) is 5.88 Å². The monoisotopic (exact) mass is 280 g/mol. The maximum absolute atomic E-state index is 10.3. The van der Waals surface area contributed by atoms with Crippen LogP contribution in [0.2, 0.25) is 0 Å². The van der Waals surface area contributed by atoms with E-state index in [9.17, 15) is 4.79 Å². The summed E-state index contributed by atoms with van der Waals surface area (Å²) in [5.41, 5.74) is 0. The van der Waals surface area contributed by atoms with Gasteiger partial charge >= 0.3 is 0 Å². The predicted octanol–water partition coefficient (Wildman–Crippen LogP) is 5.32. The number of alkyl halides is 2. The van der Waals surface area contributed by atoms with Crippen LogP contribution in [0, 0.1) is 0 Å². The summed E-state index contributed by atoms with van der Waals surface area (Å²) >= 11 is 11.3. The summed E-state index contributed by atoms with van der Waals surface area (Å²) in [6, 6.07) is 0. The minimum atomic E-state index is -0.267. The largest absolute Gasteiger partial charge is 0.302 e. The van der Waals surface area contributed by atoms with Gasteiger partial charge in [0.1, 0.15) is 6.29 Å². The van der Waals surface area contributed by atoms with Crippen LogP contribution in [-0.4, -0.2) is 17.5 Å². The van der Waals surface area contributed by atoms with Crippen LogP contribution in [-0.2, 0) is 4.79 Å². The normalized spacial score (nSPS) is 12.6. The first-order chi connectivity index (χ1) is 8.31. The molecule has 0 spiro atoms. The smallest absolute Gasteiger partial charge is 0.137 e. The minimum Gasteiger partial charge on any atom is -0.302 e. The van der Waals surface area contributed by atoms with E-state index in [0.717, 1.165) is 31.4 Å². The Morgan fingerprint density at radius 2 is 1.18 bits per heavy atom. The number of hydrogen-bond acceptors (Lipinski definition) is 1. The van der Waals surface area contributed by atoms with E-state index in [2.05, 4.69) is 0 Å². The van der Waals surface area contributed by atoms with E-state index in [0.29, 0.717) is 0 Å². The van der Waals surface area contributed by atoms with Crippen molar-refractivity contribution in [3.8, 4) is 0 Å². The van der Waals surface area contributed by atoms with Crippen molar-refractivity contribution < 1.29 is 4.79 Å². The van der Waals surface area contributed by atoms with Crippen molar-refractivity contribution in [3.05, 3.63) is 0 Å². The fourth-order valence-corrected chi connectivity index (χ4v) is 2.26. The molecule has 0 bridgehead atoms. The highest BCUT2D eigenvalue weighted by molar-refractivity contribution is 6.27. The molecule has 1 unspecified atom stereocenters. The first kappa shape index (κ1) is 17.2. The Morgan fingerprint density at radius 1 is 0.765 bits per heavy atom. The Kier molecular flexibility index (Phi) is 14.5. The van der Waals surface area contributed by atoms with Crippen molar-refractivity contribution in [3.63, 3.8) is 0 Å². The predicted molar refractivity (Wildman–Crippen MR) is 77.2 cm³/mol. The second kappa shape index (κ2) is 14.3. The number of unbranched alkanes of at least 4 members (excludes halogenated alkanes) is 9. The van der Waals surface area contributed by atoms with E-state index in [1.54, 1.807) is 0 Å². The highest BCUT2D eigenvalue weighted by Gasteiger charge is 2.00. The molecule has 1 atom stereocenters. The zero-order valence-corrected chi connectivity index (χ0v) is 12.3. The average Bonchev–Trinajstić information content (AvgIpc) is 2.35. The molecular weight excluding hydrogens is 255 g/mol. The number of rotatable bonds is 13. The van der Waals surface area contributed by atoms with Crippen molar-refractivity contribution in [2.24, 2.45) is 0 Å². The molecule has 0 saturated heterocycles.